The lowest BCUT2D eigenvalue weighted by molar-refractivity contribution is 0.299. The summed E-state index contributed by atoms with van der Waals surface area (Å²) < 4.78 is 33.0. The zero-order valence-corrected chi connectivity index (χ0v) is 17.2. The van der Waals surface area contributed by atoms with Gasteiger partial charge in [-0.2, -0.15) is 5.26 Å². The Morgan fingerprint density at radius 3 is 2.81 bits per heavy atom. The Bertz CT molecular complexity index is 1190. The van der Waals surface area contributed by atoms with Gasteiger partial charge in [-0.15, -0.1) is 0 Å². The topological polar surface area (TPSA) is 104 Å². The lowest BCUT2D eigenvalue weighted by atomic mass is 9.88. The molecule has 1 saturated heterocycles. The first-order valence-corrected chi connectivity index (χ1v) is 10.3. The van der Waals surface area contributed by atoms with Crippen LogP contribution >= 0.6 is 0 Å². The molecule has 4 N–H and O–H groups in total. The van der Waals surface area contributed by atoms with E-state index < -0.39 is 11.6 Å². The van der Waals surface area contributed by atoms with Gasteiger partial charge in [0.05, 0.1) is 16.8 Å². The van der Waals surface area contributed by atoms with Crippen LogP contribution in [0, 0.1) is 23.0 Å². The zero-order chi connectivity index (χ0) is 22.7. The van der Waals surface area contributed by atoms with Crippen LogP contribution < -0.4 is 15.8 Å². The van der Waals surface area contributed by atoms with Gasteiger partial charge in [0.15, 0.2) is 0 Å². The van der Waals surface area contributed by atoms with Crippen molar-refractivity contribution in [3.05, 3.63) is 70.8 Å². The molecule has 1 aliphatic heterocycles. The van der Waals surface area contributed by atoms with E-state index in [0.717, 1.165) is 37.1 Å². The van der Waals surface area contributed by atoms with Gasteiger partial charge in [-0.25, -0.2) is 13.8 Å². The Morgan fingerprint density at radius 2 is 2.09 bits per heavy atom. The molecule has 2 aromatic carbocycles. The molecule has 0 radical (unpaired) electrons. The molecule has 1 aliphatic rings. The second kappa shape index (κ2) is 9.20. The number of phenolic OH excluding ortho intramolecular Hbond substituents is 1. The normalized spacial score (nSPS) is 15.8. The Kier molecular flexibility index (Phi) is 6.19. The van der Waals surface area contributed by atoms with Crippen LogP contribution in [0.4, 0.5) is 14.6 Å². The van der Waals surface area contributed by atoms with E-state index >= 15 is 0 Å². The quantitative estimate of drug-likeness (QED) is 0.553. The van der Waals surface area contributed by atoms with E-state index in [0.29, 0.717) is 17.8 Å². The summed E-state index contributed by atoms with van der Waals surface area (Å²) in [5.74, 6) is -1.06. The Morgan fingerprint density at radius 1 is 1.25 bits per heavy atom. The Labute approximate surface area is 184 Å². The van der Waals surface area contributed by atoms with Crippen molar-refractivity contribution in [2.24, 2.45) is 0 Å². The third-order valence-corrected chi connectivity index (χ3v) is 5.59. The fraction of sp³-hybridized carbons (Fsp3) is 0.250. The molecule has 0 aliphatic carbocycles. The minimum atomic E-state index is -0.723. The predicted octanol–water partition coefficient (Wildman–Crippen LogP) is 4.23. The molecule has 32 heavy (non-hydrogen) atoms. The smallest absolute Gasteiger partial charge is 0.142 e. The molecule has 8 heteroatoms. The summed E-state index contributed by atoms with van der Waals surface area (Å²) in [5.41, 5.74) is 8.02. The summed E-state index contributed by atoms with van der Waals surface area (Å²) in [5, 5.41) is 23.5. The third-order valence-electron chi connectivity index (χ3n) is 5.59. The summed E-state index contributed by atoms with van der Waals surface area (Å²) in [6, 6.07) is 11.8. The standard InChI is InChI=1S/C24H22F2N4O2/c25-16-7-6-15(19(26)9-16)13-32-22-5-1-4-21(31)23(22)20-10-17(14-3-2-8-29-12-14)18(11-27)24(28)30-20/h1,4-7,9-10,14,29,31H,2-3,8,12-13H2,(H2,28,30). The van der Waals surface area contributed by atoms with Crippen LogP contribution in [-0.2, 0) is 6.61 Å². The number of nitriles is 1. The molecule has 1 aromatic heterocycles. The van der Waals surface area contributed by atoms with Gasteiger partial charge < -0.3 is 20.9 Å². The molecular formula is C24H22F2N4O2. The maximum atomic E-state index is 14.0. The minimum Gasteiger partial charge on any atom is -0.507 e. The molecule has 3 aromatic rings. The van der Waals surface area contributed by atoms with Crippen LogP contribution in [-0.4, -0.2) is 23.2 Å². The van der Waals surface area contributed by atoms with Crippen LogP contribution in [0.25, 0.3) is 11.3 Å². The molecular weight excluding hydrogens is 414 g/mol. The molecule has 0 amide bonds. The zero-order valence-electron chi connectivity index (χ0n) is 17.2. The first kappa shape index (κ1) is 21.5. The number of hydrogen-bond donors (Lipinski definition) is 3. The highest BCUT2D eigenvalue weighted by Gasteiger charge is 2.24. The van der Waals surface area contributed by atoms with E-state index in [9.17, 15) is 19.1 Å². The van der Waals surface area contributed by atoms with Crippen molar-refractivity contribution in [1.82, 2.24) is 10.3 Å². The molecule has 0 bridgehead atoms. The van der Waals surface area contributed by atoms with Crippen molar-refractivity contribution in [3.63, 3.8) is 0 Å². The highest BCUT2D eigenvalue weighted by Crippen LogP contribution is 2.40. The van der Waals surface area contributed by atoms with Crippen LogP contribution in [0.2, 0.25) is 0 Å². The van der Waals surface area contributed by atoms with Crippen molar-refractivity contribution in [2.75, 3.05) is 18.8 Å². The van der Waals surface area contributed by atoms with E-state index in [-0.39, 0.29) is 41.0 Å². The summed E-state index contributed by atoms with van der Waals surface area (Å²) in [6.07, 6.45) is 1.87. The molecule has 6 nitrogen and oxygen atoms in total. The SMILES string of the molecule is N#Cc1c(C2CCCNC2)cc(-c2c(O)cccc2OCc2ccc(F)cc2F)nc1N. The average molecular weight is 436 g/mol. The van der Waals surface area contributed by atoms with Gasteiger partial charge >= 0.3 is 0 Å². The second-order valence-corrected chi connectivity index (χ2v) is 7.69. The fourth-order valence-corrected chi connectivity index (χ4v) is 3.97. The molecule has 0 saturated carbocycles. The number of piperidine rings is 1. The van der Waals surface area contributed by atoms with Gasteiger partial charge in [0.25, 0.3) is 0 Å². The predicted molar refractivity (Wildman–Crippen MR) is 116 cm³/mol. The van der Waals surface area contributed by atoms with Gasteiger partial charge in [-0.3, -0.25) is 0 Å². The number of phenols is 1. The first-order chi connectivity index (χ1) is 15.5. The maximum Gasteiger partial charge on any atom is 0.142 e. The minimum absolute atomic E-state index is 0.0735. The maximum absolute atomic E-state index is 14.0. The molecule has 4 rings (SSSR count). The van der Waals surface area contributed by atoms with E-state index in [1.54, 1.807) is 18.2 Å². The van der Waals surface area contributed by atoms with Crippen molar-refractivity contribution >= 4 is 5.82 Å². The van der Waals surface area contributed by atoms with Gasteiger partial charge in [-0.05, 0) is 61.2 Å². The number of aromatic nitrogens is 1. The summed E-state index contributed by atoms with van der Waals surface area (Å²) in [6.45, 7) is 1.46. The number of aromatic hydroxyl groups is 1. The number of pyridine rings is 1. The monoisotopic (exact) mass is 436 g/mol. The van der Waals surface area contributed by atoms with Crippen LogP contribution in [0.1, 0.15) is 35.4 Å². The number of anilines is 1. The second-order valence-electron chi connectivity index (χ2n) is 7.69. The molecule has 1 fully saturated rings. The number of nitrogens with two attached hydrogens (primary N) is 1. The van der Waals surface area contributed by atoms with Crippen molar-refractivity contribution in [3.8, 4) is 28.8 Å². The Balaban J connectivity index is 1.73. The van der Waals surface area contributed by atoms with E-state index in [2.05, 4.69) is 16.4 Å². The molecule has 164 valence electrons. The lowest BCUT2D eigenvalue weighted by Gasteiger charge is -2.25. The van der Waals surface area contributed by atoms with Crippen molar-refractivity contribution in [1.29, 1.82) is 5.26 Å². The number of halogens is 2. The van der Waals surface area contributed by atoms with Gasteiger partial charge in [0.2, 0.25) is 0 Å². The lowest BCUT2D eigenvalue weighted by Crippen LogP contribution is -2.29. The van der Waals surface area contributed by atoms with E-state index in [1.807, 2.05) is 0 Å². The first-order valence-electron chi connectivity index (χ1n) is 10.3. The Hall–Kier alpha value is -3.70. The molecule has 1 unspecified atom stereocenters. The fourth-order valence-electron chi connectivity index (χ4n) is 3.97. The number of nitrogen functional groups attached to an aromatic ring is 1. The summed E-state index contributed by atoms with van der Waals surface area (Å²) in [4.78, 5) is 4.35. The summed E-state index contributed by atoms with van der Waals surface area (Å²) >= 11 is 0. The van der Waals surface area contributed by atoms with Gasteiger partial charge in [0, 0.05) is 18.2 Å². The highest BCUT2D eigenvalue weighted by molar-refractivity contribution is 5.76. The number of nitrogens with zero attached hydrogens (tertiary/aromatic N) is 2. The molecule has 2 heterocycles. The van der Waals surface area contributed by atoms with E-state index in [1.165, 1.54) is 12.1 Å². The van der Waals surface area contributed by atoms with Gasteiger partial charge in [-0.1, -0.05) is 6.07 Å². The number of rotatable bonds is 5. The number of nitrogens with one attached hydrogen (secondary N) is 1. The van der Waals surface area contributed by atoms with Crippen LogP contribution in [0.3, 0.4) is 0 Å². The van der Waals surface area contributed by atoms with Crippen LogP contribution in [0.15, 0.2) is 42.5 Å². The number of benzene rings is 2. The highest BCUT2D eigenvalue weighted by atomic mass is 19.1. The number of ether oxygens (including phenoxy) is 1. The van der Waals surface area contributed by atoms with E-state index in [4.69, 9.17) is 10.5 Å². The largest absolute Gasteiger partial charge is 0.507 e. The third kappa shape index (κ3) is 4.34. The summed E-state index contributed by atoms with van der Waals surface area (Å²) in [7, 11) is 0. The molecule has 0 spiro atoms. The van der Waals surface area contributed by atoms with Crippen molar-refractivity contribution < 1.29 is 18.6 Å². The van der Waals surface area contributed by atoms with Crippen LogP contribution in [0.5, 0.6) is 11.5 Å². The molecule has 1 atom stereocenters. The average Bonchev–Trinajstić information content (AvgIpc) is 2.78. The van der Waals surface area contributed by atoms with Gasteiger partial charge in [0.1, 0.15) is 41.6 Å². The van der Waals surface area contributed by atoms with Crippen molar-refractivity contribution in [2.45, 2.75) is 25.4 Å². The number of hydrogen-bond acceptors (Lipinski definition) is 6.